The summed E-state index contributed by atoms with van der Waals surface area (Å²) in [6.07, 6.45) is -2.74. The monoisotopic (exact) mass is 1680 g/mol. The molecular weight excluding hydrogens is 1570 g/mol. The highest BCUT2D eigenvalue weighted by Gasteiger charge is 2.38. The number of amides is 11. The van der Waals surface area contributed by atoms with Crippen molar-refractivity contribution in [3.63, 3.8) is 0 Å². The second kappa shape index (κ2) is 43.7. The molecule has 636 valence electrons. The number of nitrogens with zero attached hydrogens (tertiary/aromatic N) is 6. The van der Waals surface area contributed by atoms with Crippen LogP contribution in [0.5, 0.6) is 5.75 Å². The van der Waals surface area contributed by atoms with Crippen molar-refractivity contribution in [3.8, 4) is 5.75 Å². The van der Waals surface area contributed by atoms with Crippen LogP contribution in [0, 0.1) is 19.8 Å². The molecule has 22 N–H and O–H groups in total. The van der Waals surface area contributed by atoms with E-state index in [0.717, 1.165) is 43.1 Å². The lowest BCUT2D eigenvalue weighted by Crippen LogP contribution is -2.61. The van der Waals surface area contributed by atoms with E-state index in [2.05, 4.69) is 63.3 Å². The number of aliphatic hydroxyl groups excluding tert-OH is 2. The van der Waals surface area contributed by atoms with Crippen LogP contribution in [-0.4, -0.2) is 216 Å². The number of anilines is 4. The lowest BCUT2D eigenvalue weighted by atomic mass is 9.85. The molecule has 40 heteroatoms. The van der Waals surface area contributed by atoms with E-state index < -0.39 is 161 Å². The van der Waals surface area contributed by atoms with Gasteiger partial charge in [0.2, 0.25) is 75.0 Å². The highest BCUT2D eigenvalue weighted by atomic mass is 33.1. The van der Waals surface area contributed by atoms with E-state index in [9.17, 15) is 66.6 Å². The Morgan fingerprint density at radius 2 is 1.30 bits per heavy atom. The summed E-state index contributed by atoms with van der Waals surface area (Å²) in [5.41, 5.74) is 27.4. The lowest BCUT2D eigenvalue weighted by molar-refractivity contribution is -0.136. The Hall–Kier alpha value is -10.4. The Kier molecular flexibility index (Phi) is 35.0. The van der Waals surface area contributed by atoms with Crippen LogP contribution in [0.15, 0.2) is 102 Å². The molecule has 1 fully saturated rings. The van der Waals surface area contributed by atoms with Crippen LogP contribution in [0.4, 0.5) is 27.9 Å². The smallest absolute Gasteiger partial charge is 0.409 e. The highest BCUT2D eigenvalue weighted by molar-refractivity contribution is 8.76. The SMILES string of the molecule is Cc1ccc(N(C(=O)Oc2c(CSSCC(=O)N[C@@H](CO)C(=O)N[C@@H](CCN)C(=O)N[C@H]3CCNC(=O)[C@H]([C@@H](C)O)NC(=O)[C@H](CCN)NC(=O)[C@H](CCN)NC(=O)[C@H](CC(C)C)NC(=O)[C@@H](Cc4ccccc4)NC(=O)[C@H](CCN)NC3=O)cccc2C(C)(C)C)c2nccc(N(C)c3ccc4c(C)n(C)nc4c3)n2)cc1S(N)(=O)=O. The van der Waals surface area contributed by atoms with Crippen LogP contribution < -0.4 is 95.8 Å². The normalized spacial score (nSPS) is 19.3. The average molecular weight is 1680 g/mol. The van der Waals surface area contributed by atoms with Gasteiger partial charge in [-0.3, -0.25) is 52.6 Å². The summed E-state index contributed by atoms with van der Waals surface area (Å²) in [4.78, 5) is 169. The number of carbonyl (C=O) groups excluding carboxylic acids is 11. The Balaban J connectivity index is 1.09. The van der Waals surface area contributed by atoms with Crippen molar-refractivity contribution in [1.82, 2.24) is 72.9 Å². The number of aromatic nitrogens is 4. The van der Waals surface area contributed by atoms with Gasteiger partial charge in [0.25, 0.3) is 0 Å². The van der Waals surface area contributed by atoms with E-state index in [-0.39, 0.29) is 104 Å². The molecule has 2 aromatic heterocycles. The number of ether oxygens (including phenoxy) is 1. The third-order valence-corrected chi connectivity index (χ3v) is 22.3. The summed E-state index contributed by atoms with van der Waals surface area (Å²) in [7, 11) is 1.46. The molecular formula is C77H109N21O16S3. The minimum absolute atomic E-state index is 0.00784. The number of aliphatic hydroxyl groups is 2. The number of fused-ring (bicyclic) bond motifs is 1. The van der Waals surface area contributed by atoms with Crippen molar-refractivity contribution >= 4 is 131 Å². The summed E-state index contributed by atoms with van der Waals surface area (Å²) in [5.74, 6) is -9.62. The van der Waals surface area contributed by atoms with Gasteiger partial charge < -0.3 is 96.0 Å². The van der Waals surface area contributed by atoms with Crippen molar-refractivity contribution in [2.24, 2.45) is 41.0 Å². The first-order valence-electron chi connectivity index (χ1n) is 38.1. The first-order valence-corrected chi connectivity index (χ1v) is 42.1. The number of nitrogens with one attached hydrogen (secondary N) is 10. The third-order valence-electron chi connectivity index (χ3n) is 19.0. The van der Waals surface area contributed by atoms with Crippen LogP contribution >= 0.6 is 21.6 Å². The van der Waals surface area contributed by atoms with Crippen molar-refractivity contribution in [1.29, 1.82) is 0 Å². The molecule has 7 rings (SSSR count). The molecule has 0 unspecified atom stereocenters. The molecule has 0 spiro atoms. The van der Waals surface area contributed by atoms with Gasteiger partial charge in [-0.05, 0) is 144 Å². The second-order valence-electron chi connectivity index (χ2n) is 29.6. The molecule has 3 heterocycles. The Bertz CT molecular complexity index is 4630. The Morgan fingerprint density at radius 3 is 1.90 bits per heavy atom. The number of para-hydroxylation sites is 1. The molecule has 1 saturated heterocycles. The zero-order valence-corrected chi connectivity index (χ0v) is 69.5. The Labute approximate surface area is 687 Å². The molecule has 117 heavy (non-hydrogen) atoms. The van der Waals surface area contributed by atoms with E-state index in [4.69, 9.17) is 37.8 Å². The van der Waals surface area contributed by atoms with Gasteiger partial charge in [-0.2, -0.15) is 10.1 Å². The number of sulfonamides is 1. The fourth-order valence-corrected chi connectivity index (χ4v) is 15.3. The standard InChI is InChI=1S/C77H109N21O16S3/c1-42(2)35-58-71(107)88-52(23-29-78)66(102)87-55(26-32-81)70(106)94-64(45(5)100)74(110)83-33-27-56(69(105)86-54(25-31-80)68(104)92-59(72(108)91-58)36-46-15-12-11-13-16-46)90-67(103)53(24-30-79)89-73(109)60(39-99)85-63(101)41-116-115-40-47-17-14-18-51(77(6,7)8)65(47)114-76(111)98(49-20-19-43(3)61(38-49)117(82,112)113)75-84-34-28-62(93-75)96(9)48-21-22-50-44(4)97(10)95-57(50)37-48/h11-22,28,34,37-38,42,45,52-56,58-60,64,99-100H,23-27,29-33,35-36,39-41,78-81H2,1-10H3,(H,83,110)(H,85,101)(H,86,105)(H,87,102)(H,88,107)(H,89,109)(H,90,103)(H,91,108)(H,92,104)(H,94,106)(H2,82,112,113)/t45-,52+,53+,54+,55+,56+,58+,59-,60+,64+/m1/s1. The molecule has 37 nitrogen and oxygen atoms in total. The maximum atomic E-state index is 15.1. The highest BCUT2D eigenvalue weighted by Crippen LogP contribution is 2.40. The first-order chi connectivity index (χ1) is 55.4. The average Bonchev–Trinajstić information content (AvgIpc) is 1.54. The molecule has 1 aliphatic heterocycles. The molecule has 10 atom stereocenters. The summed E-state index contributed by atoms with van der Waals surface area (Å²) >= 11 is 0. The minimum atomic E-state index is -4.34. The van der Waals surface area contributed by atoms with E-state index in [1.165, 1.54) is 31.3 Å². The van der Waals surface area contributed by atoms with Crippen molar-refractivity contribution in [2.45, 2.75) is 177 Å². The zero-order valence-electron chi connectivity index (χ0n) is 67.1. The lowest BCUT2D eigenvalue weighted by Gasteiger charge is -2.28. The number of hydrogen-bond acceptors (Lipinski definition) is 26. The number of hydrogen-bond donors (Lipinski definition) is 17. The van der Waals surface area contributed by atoms with Gasteiger partial charge in [0.05, 0.1) is 34.6 Å². The summed E-state index contributed by atoms with van der Waals surface area (Å²) < 4.78 is 34.1. The topological polar surface area (TPSA) is 572 Å². The van der Waals surface area contributed by atoms with Crippen LogP contribution in [0.1, 0.15) is 108 Å². The van der Waals surface area contributed by atoms with Crippen LogP contribution in [0.25, 0.3) is 10.9 Å². The number of nitrogens with two attached hydrogens (primary N) is 5. The molecule has 1 aliphatic rings. The van der Waals surface area contributed by atoms with Crippen molar-refractivity contribution in [2.75, 3.05) is 61.9 Å². The van der Waals surface area contributed by atoms with Gasteiger partial charge >= 0.3 is 6.09 Å². The van der Waals surface area contributed by atoms with Gasteiger partial charge in [-0.25, -0.2) is 28.2 Å². The number of benzene rings is 4. The second-order valence-corrected chi connectivity index (χ2v) is 33.6. The van der Waals surface area contributed by atoms with Crippen molar-refractivity contribution < 1.29 is 76.1 Å². The van der Waals surface area contributed by atoms with E-state index in [1.807, 2.05) is 52.9 Å². The molecule has 0 radical (unpaired) electrons. The molecule has 0 saturated carbocycles. The van der Waals surface area contributed by atoms with Gasteiger partial charge in [0.1, 0.15) is 65.9 Å². The number of aryl methyl sites for hydroxylation is 3. The first kappa shape index (κ1) is 93.7. The number of primary sulfonamides is 1. The third kappa shape index (κ3) is 26.5. The van der Waals surface area contributed by atoms with Crippen LogP contribution in [-0.2, 0) is 82.6 Å². The molecule has 0 aliphatic carbocycles. The van der Waals surface area contributed by atoms with Crippen LogP contribution in [0.3, 0.4) is 0 Å². The molecule has 0 bridgehead atoms. The fourth-order valence-electron chi connectivity index (χ4n) is 12.6. The summed E-state index contributed by atoms with van der Waals surface area (Å²) in [6.45, 7) is 11.7. The molecule has 6 aromatic rings. The molecule has 4 aromatic carbocycles. The summed E-state index contributed by atoms with van der Waals surface area (Å²) in [5, 5.41) is 58.3. The minimum Gasteiger partial charge on any atom is -0.409 e. The van der Waals surface area contributed by atoms with Gasteiger partial charge in [-0.1, -0.05) is 111 Å². The van der Waals surface area contributed by atoms with E-state index in [0.29, 0.717) is 33.8 Å². The van der Waals surface area contributed by atoms with Crippen LogP contribution in [0.2, 0.25) is 0 Å². The number of rotatable bonds is 30. The maximum Gasteiger partial charge on any atom is 0.426 e. The fraction of sp³-hybridized carbons (Fsp3) is 0.481. The quantitative estimate of drug-likeness (QED) is 0.0206. The maximum absolute atomic E-state index is 15.1. The predicted octanol–water partition coefficient (Wildman–Crippen LogP) is -0.148. The largest absolute Gasteiger partial charge is 0.426 e. The van der Waals surface area contributed by atoms with Gasteiger partial charge in [0.15, 0.2) is 0 Å². The van der Waals surface area contributed by atoms with E-state index >= 15 is 4.79 Å². The Morgan fingerprint density at radius 1 is 0.701 bits per heavy atom. The number of carbonyl (C=O) groups is 11. The van der Waals surface area contributed by atoms with Gasteiger partial charge in [0, 0.05) is 66.9 Å². The predicted molar refractivity (Wildman–Crippen MR) is 443 cm³/mol. The van der Waals surface area contributed by atoms with Crippen molar-refractivity contribution in [3.05, 3.63) is 125 Å². The van der Waals surface area contributed by atoms with Gasteiger partial charge in [-0.15, -0.1) is 0 Å². The zero-order chi connectivity index (χ0) is 86.2. The van der Waals surface area contributed by atoms with E-state index in [1.54, 1.807) is 92.0 Å². The summed E-state index contributed by atoms with van der Waals surface area (Å²) in [6, 6.07) is 11.4. The molecule has 11 amide bonds.